The molecule has 0 fully saturated rings. The van der Waals surface area contributed by atoms with Crippen molar-refractivity contribution in [3.05, 3.63) is 60.2 Å². The second-order valence-electron chi connectivity index (χ2n) is 6.38. The Bertz CT molecular complexity index is 997. The number of aromatic nitrogens is 2. The first-order valence-corrected chi connectivity index (χ1v) is 8.86. The molecule has 0 radical (unpaired) electrons. The average Bonchev–Trinajstić information content (AvgIpc) is 3.03. The molecule has 1 heterocycles. The van der Waals surface area contributed by atoms with Crippen LogP contribution in [0.3, 0.4) is 0 Å². The van der Waals surface area contributed by atoms with Gasteiger partial charge in [0, 0.05) is 19.2 Å². The van der Waals surface area contributed by atoms with Crippen molar-refractivity contribution < 1.29 is 18.0 Å². The summed E-state index contributed by atoms with van der Waals surface area (Å²) in [5.74, 6) is 0.112. The summed E-state index contributed by atoms with van der Waals surface area (Å²) in [6.45, 7) is 2.31. The summed E-state index contributed by atoms with van der Waals surface area (Å²) < 4.78 is 39.8. The van der Waals surface area contributed by atoms with Gasteiger partial charge in [0.1, 0.15) is 11.4 Å². The molecule has 29 heavy (non-hydrogen) atoms. The Balaban J connectivity index is 2.08. The fourth-order valence-corrected chi connectivity index (χ4v) is 2.69. The number of urea groups is 1. The van der Waals surface area contributed by atoms with Crippen LogP contribution in [0.25, 0.3) is 16.9 Å². The number of carbonyl (C=O) groups is 1. The second-order valence-corrected chi connectivity index (χ2v) is 6.38. The molecule has 3 aromatic rings. The Hall–Kier alpha value is -3.49. The van der Waals surface area contributed by atoms with Gasteiger partial charge >= 0.3 is 12.2 Å². The van der Waals surface area contributed by atoms with Crippen molar-refractivity contribution in [2.75, 3.05) is 24.6 Å². The fourth-order valence-electron chi connectivity index (χ4n) is 2.69. The highest BCUT2D eigenvalue weighted by Crippen LogP contribution is 2.35. The highest BCUT2D eigenvalue weighted by atomic mass is 19.4. The van der Waals surface area contributed by atoms with Crippen LogP contribution in [0.1, 0.15) is 12.5 Å². The number of carbonyl (C=O) groups excluding carboxylic acids is 1. The molecule has 0 spiro atoms. The van der Waals surface area contributed by atoms with Crippen LogP contribution < -0.4 is 11.1 Å². The molecular formula is C20H20F3N5O. The zero-order valence-corrected chi connectivity index (χ0v) is 15.9. The Morgan fingerprint density at radius 3 is 2.31 bits per heavy atom. The van der Waals surface area contributed by atoms with Gasteiger partial charge < -0.3 is 16.0 Å². The van der Waals surface area contributed by atoms with E-state index in [1.807, 2.05) is 25.1 Å². The highest BCUT2D eigenvalue weighted by molar-refractivity contribution is 5.97. The SMILES string of the molecule is CCN(C)C(=O)Nc1c(-c2ccccc2)nn(-c2ccc(C(F)(F)F)cc2)c1N. The minimum Gasteiger partial charge on any atom is -0.382 e. The summed E-state index contributed by atoms with van der Waals surface area (Å²) >= 11 is 0. The summed E-state index contributed by atoms with van der Waals surface area (Å²) in [5.41, 5.74) is 7.22. The highest BCUT2D eigenvalue weighted by Gasteiger charge is 2.30. The first kappa shape index (κ1) is 20.2. The van der Waals surface area contributed by atoms with E-state index in [0.717, 1.165) is 12.1 Å². The van der Waals surface area contributed by atoms with Gasteiger partial charge in [-0.15, -0.1) is 0 Å². The molecule has 3 rings (SSSR count). The molecule has 2 aromatic carbocycles. The van der Waals surface area contributed by atoms with Crippen molar-refractivity contribution in [2.45, 2.75) is 13.1 Å². The van der Waals surface area contributed by atoms with Gasteiger partial charge in [0.25, 0.3) is 0 Å². The number of nitrogens with two attached hydrogens (primary N) is 1. The molecule has 0 aliphatic heterocycles. The Morgan fingerprint density at radius 2 is 1.76 bits per heavy atom. The first-order chi connectivity index (χ1) is 13.7. The summed E-state index contributed by atoms with van der Waals surface area (Å²) in [6.07, 6.45) is -4.44. The number of nitrogens with zero attached hydrogens (tertiary/aromatic N) is 3. The number of hydrogen-bond acceptors (Lipinski definition) is 3. The predicted molar refractivity (Wildman–Crippen MR) is 106 cm³/mol. The van der Waals surface area contributed by atoms with Crippen LogP contribution in [0.2, 0.25) is 0 Å². The monoisotopic (exact) mass is 403 g/mol. The van der Waals surface area contributed by atoms with Crippen LogP contribution in [0.4, 0.5) is 29.5 Å². The van der Waals surface area contributed by atoms with E-state index >= 15 is 0 Å². The minimum atomic E-state index is -4.44. The lowest BCUT2D eigenvalue weighted by Gasteiger charge is -2.16. The third-order valence-electron chi connectivity index (χ3n) is 4.46. The molecule has 0 saturated heterocycles. The van der Waals surface area contributed by atoms with Gasteiger partial charge in [0.15, 0.2) is 5.82 Å². The number of nitrogen functional groups attached to an aromatic ring is 1. The second kappa shape index (κ2) is 7.86. The number of hydrogen-bond donors (Lipinski definition) is 2. The quantitative estimate of drug-likeness (QED) is 0.667. The van der Waals surface area contributed by atoms with Crippen LogP contribution in [0, 0.1) is 0 Å². The molecule has 0 atom stereocenters. The van der Waals surface area contributed by atoms with Crippen molar-refractivity contribution in [2.24, 2.45) is 0 Å². The maximum absolute atomic E-state index is 12.8. The normalized spacial score (nSPS) is 11.3. The lowest BCUT2D eigenvalue weighted by molar-refractivity contribution is -0.137. The first-order valence-electron chi connectivity index (χ1n) is 8.86. The largest absolute Gasteiger partial charge is 0.416 e. The fraction of sp³-hybridized carbons (Fsp3) is 0.200. The van der Waals surface area contributed by atoms with Gasteiger partial charge in [-0.25, -0.2) is 9.48 Å². The van der Waals surface area contributed by atoms with Crippen molar-refractivity contribution in [3.8, 4) is 16.9 Å². The molecule has 0 bridgehead atoms. The van der Waals surface area contributed by atoms with Crippen molar-refractivity contribution in [1.29, 1.82) is 0 Å². The molecule has 0 saturated carbocycles. The number of nitrogens with one attached hydrogen (secondary N) is 1. The average molecular weight is 403 g/mol. The summed E-state index contributed by atoms with van der Waals surface area (Å²) in [6, 6.07) is 13.2. The Kier molecular flexibility index (Phi) is 5.49. The predicted octanol–water partition coefficient (Wildman–Crippen LogP) is 4.62. The van der Waals surface area contributed by atoms with Crippen LogP contribution in [0.15, 0.2) is 54.6 Å². The van der Waals surface area contributed by atoms with Gasteiger partial charge in [-0.1, -0.05) is 30.3 Å². The van der Waals surface area contributed by atoms with Crippen molar-refractivity contribution in [1.82, 2.24) is 14.7 Å². The van der Waals surface area contributed by atoms with E-state index in [4.69, 9.17) is 5.73 Å². The van der Waals surface area contributed by atoms with Gasteiger partial charge in [0.2, 0.25) is 0 Å². The molecule has 0 aliphatic carbocycles. The molecule has 1 aromatic heterocycles. The molecule has 3 N–H and O–H groups in total. The van der Waals surface area contributed by atoms with E-state index in [9.17, 15) is 18.0 Å². The third-order valence-corrected chi connectivity index (χ3v) is 4.46. The molecular weight excluding hydrogens is 383 g/mol. The molecule has 152 valence electrons. The zero-order chi connectivity index (χ0) is 21.2. The van der Waals surface area contributed by atoms with E-state index in [-0.39, 0.29) is 11.8 Å². The maximum atomic E-state index is 12.8. The molecule has 0 aliphatic rings. The zero-order valence-electron chi connectivity index (χ0n) is 15.9. The molecule has 6 nitrogen and oxygen atoms in total. The smallest absolute Gasteiger partial charge is 0.382 e. The lowest BCUT2D eigenvalue weighted by Crippen LogP contribution is -2.31. The Morgan fingerprint density at radius 1 is 1.14 bits per heavy atom. The van der Waals surface area contributed by atoms with E-state index in [0.29, 0.717) is 29.2 Å². The van der Waals surface area contributed by atoms with E-state index in [1.54, 1.807) is 19.2 Å². The van der Waals surface area contributed by atoms with E-state index in [1.165, 1.54) is 21.7 Å². The lowest BCUT2D eigenvalue weighted by atomic mass is 10.1. The third kappa shape index (κ3) is 4.18. The van der Waals surface area contributed by atoms with Gasteiger partial charge in [0.05, 0.1) is 11.3 Å². The Labute approximate surface area is 165 Å². The summed E-state index contributed by atoms with van der Waals surface area (Å²) in [4.78, 5) is 13.8. The molecule has 0 unspecified atom stereocenters. The van der Waals surface area contributed by atoms with Crippen molar-refractivity contribution >= 4 is 17.5 Å². The minimum absolute atomic E-state index is 0.112. The van der Waals surface area contributed by atoms with Crippen LogP contribution in [-0.2, 0) is 6.18 Å². The van der Waals surface area contributed by atoms with E-state index < -0.39 is 11.7 Å². The van der Waals surface area contributed by atoms with Gasteiger partial charge in [-0.2, -0.15) is 18.3 Å². The van der Waals surface area contributed by atoms with Gasteiger partial charge in [-0.3, -0.25) is 0 Å². The van der Waals surface area contributed by atoms with Gasteiger partial charge in [-0.05, 0) is 31.2 Å². The molecule has 2 amide bonds. The number of rotatable bonds is 4. The topological polar surface area (TPSA) is 76.2 Å². The number of halogens is 3. The van der Waals surface area contributed by atoms with Crippen molar-refractivity contribution in [3.63, 3.8) is 0 Å². The number of anilines is 2. The summed E-state index contributed by atoms with van der Waals surface area (Å²) in [5, 5.41) is 7.21. The van der Waals surface area contributed by atoms with Crippen LogP contribution >= 0.6 is 0 Å². The number of alkyl halides is 3. The standard InChI is InChI=1S/C20H20F3N5O/c1-3-27(2)19(29)25-17-16(13-7-5-4-6-8-13)26-28(18(17)24)15-11-9-14(10-12-15)20(21,22)23/h4-12H,3,24H2,1-2H3,(H,25,29). The van der Waals surface area contributed by atoms with Crippen LogP contribution in [-0.4, -0.2) is 34.3 Å². The summed E-state index contributed by atoms with van der Waals surface area (Å²) in [7, 11) is 1.63. The molecule has 9 heteroatoms. The maximum Gasteiger partial charge on any atom is 0.416 e. The van der Waals surface area contributed by atoms with Crippen LogP contribution in [0.5, 0.6) is 0 Å². The van der Waals surface area contributed by atoms with E-state index in [2.05, 4.69) is 10.4 Å². The number of benzene rings is 2. The number of amides is 2.